The molecule has 98 valence electrons. The van der Waals surface area contributed by atoms with Crippen LogP contribution in [0.4, 0.5) is 5.69 Å². The molecular formula is C17H20N2. The molecule has 2 nitrogen and oxygen atoms in total. The zero-order chi connectivity index (χ0) is 13.8. The molecule has 0 spiro atoms. The molecule has 0 bridgehead atoms. The van der Waals surface area contributed by atoms with E-state index >= 15 is 0 Å². The Morgan fingerprint density at radius 3 is 2.74 bits per heavy atom. The van der Waals surface area contributed by atoms with Crippen LogP contribution in [-0.2, 0) is 0 Å². The van der Waals surface area contributed by atoms with Gasteiger partial charge in [-0.15, -0.1) is 0 Å². The first-order valence-corrected chi connectivity index (χ1v) is 6.61. The van der Waals surface area contributed by atoms with Crippen molar-refractivity contribution in [3.05, 3.63) is 53.9 Å². The molecule has 0 unspecified atom stereocenters. The lowest BCUT2D eigenvalue weighted by Gasteiger charge is -2.09. The smallest absolute Gasteiger partial charge is 0.0447 e. The quantitative estimate of drug-likeness (QED) is 0.819. The number of nitrogen functional groups attached to an aromatic ring is 1. The largest absolute Gasteiger partial charge is 0.399 e. The molecule has 0 atom stereocenters. The second-order valence-corrected chi connectivity index (χ2v) is 4.78. The van der Waals surface area contributed by atoms with Gasteiger partial charge in [-0.25, -0.2) is 0 Å². The summed E-state index contributed by atoms with van der Waals surface area (Å²) >= 11 is 0. The van der Waals surface area contributed by atoms with Gasteiger partial charge in [0.1, 0.15) is 0 Å². The molecule has 0 radical (unpaired) electrons. The van der Waals surface area contributed by atoms with E-state index in [0.717, 1.165) is 28.9 Å². The highest BCUT2D eigenvalue weighted by Crippen LogP contribution is 2.26. The van der Waals surface area contributed by atoms with Gasteiger partial charge in [-0.2, -0.15) is 0 Å². The van der Waals surface area contributed by atoms with Crippen molar-refractivity contribution in [1.29, 1.82) is 0 Å². The number of pyridine rings is 1. The number of nitrogens with two attached hydrogens (primary N) is 1. The van der Waals surface area contributed by atoms with Crippen molar-refractivity contribution >= 4 is 11.3 Å². The first kappa shape index (κ1) is 13.3. The molecule has 1 aromatic heterocycles. The van der Waals surface area contributed by atoms with Crippen LogP contribution in [-0.4, -0.2) is 4.98 Å². The lowest BCUT2D eigenvalue weighted by atomic mass is 9.99. The fourth-order valence-electron chi connectivity index (χ4n) is 2.22. The van der Waals surface area contributed by atoms with Crippen molar-refractivity contribution < 1.29 is 0 Å². The lowest BCUT2D eigenvalue weighted by molar-refractivity contribution is 1.17. The van der Waals surface area contributed by atoms with Crippen LogP contribution in [0.2, 0.25) is 0 Å². The summed E-state index contributed by atoms with van der Waals surface area (Å²) in [6.07, 6.45) is 5.17. The Hall–Kier alpha value is -2.09. The van der Waals surface area contributed by atoms with E-state index in [4.69, 9.17) is 5.73 Å². The van der Waals surface area contributed by atoms with Gasteiger partial charge in [0.15, 0.2) is 0 Å². The summed E-state index contributed by atoms with van der Waals surface area (Å²) in [7, 11) is 0. The normalized spacial score (nSPS) is 11.6. The Labute approximate surface area is 115 Å². The van der Waals surface area contributed by atoms with E-state index in [2.05, 4.69) is 37.0 Å². The fourth-order valence-corrected chi connectivity index (χ4v) is 2.22. The average molecular weight is 252 g/mol. The van der Waals surface area contributed by atoms with Gasteiger partial charge in [-0.1, -0.05) is 25.1 Å². The zero-order valence-electron chi connectivity index (χ0n) is 11.8. The van der Waals surface area contributed by atoms with Crippen LogP contribution in [0.3, 0.4) is 0 Å². The van der Waals surface area contributed by atoms with Gasteiger partial charge in [-0.3, -0.25) is 4.98 Å². The van der Waals surface area contributed by atoms with Crippen molar-refractivity contribution in [3.8, 4) is 11.1 Å². The summed E-state index contributed by atoms with van der Waals surface area (Å²) in [5.41, 5.74) is 12.4. The van der Waals surface area contributed by atoms with Gasteiger partial charge in [0.25, 0.3) is 0 Å². The second kappa shape index (κ2) is 5.70. The molecule has 2 heteroatoms. The second-order valence-electron chi connectivity index (χ2n) is 4.78. The standard InChI is InChI=1S/C17H20N2/c1-4-6-12(2)17-10-15(11-19-13(17)3)14-7-5-8-16(18)9-14/h5-11H,4,18H2,1-3H3/b12-6-. The van der Waals surface area contributed by atoms with Crippen LogP contribution in [0.25, 0.3) is 16.7 Å². The molecule has 1 heterocycles. The predicted molar refractivity (Wildman–Crippen MR) is 82.8 cm³/mol. The zero-order valence-corrected chi connectivity index (χ0v) is 11.8. The van der Waals surface area contributed by atoms with Crippen LogP contribution in [0, 0.1) is 6.92 Å². The number of aryl methyl sites for hydroxylation is 1. The Balaban J connectivity index is 2.50. The van der Waals surface area contributed by atoms with Gasteiger partial charge in [0.2, 0.25) is 0 Å². The van der Waals surface area contributed by atoms with Crippen LogP contribution < -0.4 is 5.73 Å². The molecule has 0 amide bonds. The third kappa shape index (κ3) is 3.02. The summed E-state index contributed by atoms with van der Waals surface area (Å²) < 4.78 is 0. The number of aromatic nitrogens is 1. The van der Waals surface area contributed by atoms with Gasteiger partial charge < -0.3 is 5.73 Å². The van der Waals surface area contributed by atoms with E-state index in [1.165, 1.54) is 11.1 Å². The molecule has 0 aliphatic carbocycles. The molecule has 0 saturated carbocycles. The third-order valence-corrected chi connectivity index (χ3v) is 3.24. The molecule has 0 fully saturated rings. The molecule has 1 aromatic carbocycles. The molecule has 19 heavy (non-hydrogen) atoms. The van der Waals surface area contributed by atoms with Crippen molar-refractivity contribution in [3.63, 3.8) is 0 Å². The summed E-state index contributed by atoms with van der Waals surface area (Å²) in [6, 6.07) is 10.1. The van der Waals surface area contributed by atoms with Crippen molar-refractivity contribution in [2.45, 2.75) is 27.2 Å². The molecule has 0 saturated heterocycles. The maximum atomic E-state index is 5.84. The summed E-state index contributed by atoms with van der Waals surface area (Å²) in [6.45, 7) is 6.33. The SMILES string of the molecule is CC/C=C(/C)c1cc(-c2cccc(N)c2)cnc1C. The summed E-state index contributed by atoms with van der Waals surface area (Å²) in [5.74, 6) is 0. The Morgan fingerprint density at radius 1 is 1.26 bits per heavy atom. The van der Waals surface area contributed by atoms with Gasteiger partial charge in [-0.05, 0) is 55.2 Å². The minimum Gasteiger partial charge on any atom is -0.399 e. The average Bonchev–Trinajstić information content (AvgIpc) is 2.39. The van der Waals surface area contributed by atoms with Gasteiger partial charge >= 0.3 is 0 Å². The minimum atomic E-state index is 0.778. The first-order valence-electron chi connectivity index (χ1n) is 6.61. The summed E-state index contributed by atoms with van der Waals surface area (Å²) in [5, 5.41) is 0. The molecular weight excluding hydrogens is 232 g/mol. The number of hydrogen-bond donors (Lipinski definition) is 1. The molecule has 2 aromatic rings. The lowest BCUT2D eigenvalue weighted by Crippen LogP contribution is -1.92. The van der Waals surface area contributed by atoms with Gasteiger partial charge in [0.05, 0.1) is 0 Å². The van der Waals surface area contributed by atoms with Crippen molar-refractivity contribution in [1.82, 2.24) is 4.98 Å². The summed E-state index contributed by atoms with van der Waals surface area (Å²) in [4.78, 5) is 4.51. The number of allylic oxidation sites excluding steroid dienone is 2. The van der Waals surface area contributed by atoms with E-state index in [0.29, 0.717) is 0 Å². The van der Waals surface area contributed by atoms with E-state index in [1.54, 1.807) is 0 Å². The Kier molecular flexibility index (Phi) is 4.00. The van der Waals surface area contributed by atoms with E-state index in [-0.39, 0.29) is 0 Å². The Morgan fingerprint density at radius 2 is 2.05 bits per heavy atom. The topological polar surface area (TPSA) is 38.9 Å². The number of hydrogen-bond acceptors (Lipinski definition) is 2. The highest BCUT2D eigenvalue weighted by atomic mass is 14.7. The van der Waals surface area contributed by atoms with Gasteiger partial charge in [0, 0.05) is 23.1 Å². The number of rotatable bonds is 3. The molecule has 0 aliphatic heterocycles. The molecule has 0 aliphatic rings. The maximum Gasteiger partial charge on any atom is 0.0447 e. The van der Waals surface area contributed by atoms with Crippen molar-refractivity contribution in [2.75, 3.05) is 5.73 Å². The van der Waals surface area contributed by atoms with E-state index in [1.807, 2.05) is 31.3 Å². The van der Waals surface area contributed by atoms with Crippen LogP contribution >= 0.6 is 0 Å². The molecule has 2 rings (SSSR count). The number of benzene rings is 1. The van der Waals surface area contributed by atoms with E-state index < -0.39 is 0 Å². The van der Waals surface area contributed by atoms with Crippen molar-refractivity contribution in [2.24, 2.45) is 0 Å². The number of nitrogens with zero attached hydrogens (tertiary/aromatic N) is 1. The van der Waals surface area contributed by atoms with E-state index in [9.17, 15) is 0 Å². The fraction of sp³-hybridized carbons (Fsp3) is 0.235. The Bertz CT molecular complexity index is 612. The highest BCUT2D eigenvalue weighted by Gasteiger charge is 2.05. The number of anilines is 1. The first-order chi connectivity index (χ1) is 9.11. The monoisotopic (exact) mass is 252 g/mol. The predicted octanol–water partition coefficient (Wildman–Crippen LogP) is 4.45. The third-order valence-electron chi connectivity index (χ3n) is 3.24. The minimum absolute atomic E-state index is 0.778. The van der Waals surface area contributed by atoms with Crippen LogP contribution in [0.5, 0.6) is 0 Å². The van der Waals surface area contributed by atoms with Crippen LogP contribution in [0.15, 0.2) is 42.6 Å². The maximum absolute atomic E-state index is 5.84. The van der Waals surface area contributed by atoms with Crippen LogP contribution in [0.1, 0.15) is 31.5 Å². The highest BCUT2D eigenvalue weighted by molar-refractivity contribution is 5.73. The molecule has 2 N–H and O–H groups in total.